The van der Waals surface area contributed by atoms with Gasteiger partial charge in [-0.05, 0) is 25.0 Å². The van der Waals surface area contributed by atoms with Gasteiger partial charge in [-0.3, -0.25) is 14.7 Å². The topological polar surface area (TPSA) is 124 Å². The Bertz CT molecular complexity index is 583. The summed E-state index contributed by atoms with van der Waals surface area (Å²) in [5.74, 6) is 0. The second-order valence-corrected chi connectivity index (χ2v) is 5.56. The first-order chi connectivity index (χ1) is 8.79. The molecule has 1 aromatic carbocycles. The van der Waals surface area contributed by atoms with Crippen LogP contribution in [-0.2, 0) is 16.5 Å². The van der Waals surface area contributed by atoms with Crippen LogP contribution in [-0.4, -0.2) is 17.9 Å². The Morgan fingerprint density at radius 2 is 2.00 bits per heavy atom. The van der Waals surface area contributed by atoms with Gasteiger partial charge < -0.3 is 5.73 Å². The van der Waals surface area contributed by atoms with Crippen LogP contribution in [0.3, 0.4) is 0 Å². The molecule has 0 aliphatic carbocycles. The van der Waals surface area contributed by atoms with E-state index in [4.69, 9.17) is 10.3 Å². The molecule has 8 heteroatoms. The molecule has 0 amide bonds. The number of rotatable bonds is 6. The van der Waals surface area contributed by atoms with Gasteiger partial charge in [0.15, 0.2) is 4.90 Å². The maximum atomic E-state index is 11.2. The van der Waals surface area contributed by atoms with Crippen LogP contribution in [0.2, 0.25) is 0 Å². The van der Waals surface area contributed by atoms with Crippen LogP contribution in [0.25, 0.3) is 0 Å². The fourth-order valence-corrected chi connectivity index (χ4v) is 2.54. The molecule has 0 saturated heterocycles. The highest BCUT2D eigenvalue weighted by molar-refractivity contribution is 7.86. The number of hydrogen-bond donors (Lipinski definition) is 2. The molecule has 0 fully saturated rings. The van der Waals surface area contributed by atoms with Gasteiger partial charge >= 0.3 is 10.1 Å². The molecule has 0 aliphatic heterocycles. The molecule has 0 atom stereocenters. The van der Waals surface area contributed by atoms with Gasteiger partial charge in [0.25, 0.3) is 5.69 Å². The third-order valence-corrected chi connectivity index (χ3v) is 3.66. The van der Waals surface area contributed by atoms with Gasteiger partial charge in [0.1, 0.15) is 0 Å². The first kappa shape index (κ1) is 15.4. The van der Waals surface area contributed by atoms with Gasteiger partial charge in [0.2, 0.25) is 0 Å². The van der Waals surface area contributed by atoms with Crippen LogP contribution in [0.15, 0.2) is 17.0 Å². The van der Waals surface area contributed by atoms with Crippen LogP contribution < -0.4 is 5.73 Å². The van der Waals surface area contributed by atoms with Gasteiger partial charge in [0, 0.05) is 5.69 Å². The molecule has 3 N–H and O–H groups in total. The van der Waals surface area contributed by atoms with Crippen molar-refractivity contribution in [1.82, 2.24) is 0 Å². The van der Waals surface area contributed by atoms with Crippen LogP contribution >= 0.6 is 0 Å². The SMILES string of the molecule is CCCCCc1c(N)ccc(S(=O)(=O)O)c1[N+](=O)[O-]. The number of nitro benzene ring substituents is 1. The summed E-state index contributed by atoms with van der Waals surface area (Å²) in [6.45, 7) is 1.98. The van der Waals surface area contributed by atoms with Crippen molar-refractivity contribution in [1.29, 1.82) is 0 Å². The lowest BCUT2D eigenvalue weighted by atomic mass is 10.0. The van der Waals surface area contributed by atoms with E-state index >= 15 is 0 Å². The molecular formula is C11H16N2O5S. The van der Waals surface area contributed by atoms with Gasteiger partial charge in [-0.25, -0.2) is 0 Å². The van der Waals surface area contributed by atoms with Crippen molar-refractivity contribution >= 4 is 21.5 Å². The summed E-state index contributed by atoms with van der Waals surface area (Å²) in [6, 6.07) is 2.21. The molecule has 106 valence electrons. The zero-order valence-electron chi connectivity index (χ0n) is 10.5. The molecular weight excluding hydrogens is 272 g/mol. The molecule has 0 spiro atoms. The molecule has 0 aliphatic rings. The van der Waals surface area contributed by atoms with Crippen molar-refractivity contribution < 1.29 is 17.9 Å². The third-order valence-electron chi connectivity index (χ3n) is 2.77. The summed E-state index contributed by atoms with van der Waals surface area (Å²) in [6.07, 6.45) is 2.74. The standard InChI is InChI=1S/C11H16N2O5S/c1-2-3-4-5-8-9(12)6-7-10(19(16,17)18)11(8)13(14)15/h6-7H,2-5,12H2,1H3,(H,16,17,18). The number of nitrogens with two attached hydrogens (primary N) is 1. The van der Waals surface area contributed by atoms with E-state index in [-0.39, 0.29) is 11.3 Å². The van der Waals surface area contributed by atoms with Gasteiger partial charge in [-0.15, -0.1) is 0 Å². The lowest BCUT2D eigenvalue weighted by Crippen LogP contribution is -2.08. The van der Waals surface area contributed by atoms with Crippen LogP contribution in [0.4, 0.5) is 11.4 Å². The minimum absolute atomic E-state index is 0.161. The number of unbranched alkanes of at least 4 members (excludes halogenated alkanes) is 2. The maximum Gasteiger partial charge on any atom is 0.301 e. The molecule has 7 nitrogen and oxygen atoms in total. The van der Waals surface area contributed by atoms with E-state index in [2.05, 4.69) is 0 Å². The number of hydrogen-bond acceptors (Lipinski definition) is 5. The number of anilines is 1. The van der Waals surface area contributed by atoms with Crippen molar-refractivity contribution in [2.24, 2.45) is 0 Å². The van der Waals surface area contributed by atoms with Crippen LogP contribution in [0, 0.1) is 10.1 Å². The van der Waals surface area contributed by atoms with E-state index in [1.54, 1.807) is 0 Å². The quantitative estimate of drug-likeness (QED) is 0.272. The number of benzene rings is 1. The lowest BCUT2D eigenvalue weighted by molar-refractivity contribution is -0.388. The molecule has 0 heterocycles. The average Bonchev–Trinajstić information content (AvgIpc) is 2.29. The molecule has 0 unspecified atom stereocenters. The van der Waals surface area contributed by atoms with Crippen molar-refractivity contribution in [2.75, 3.05) is 5.73 Å². The monoisotopic (exact) mass is 288 g/mol. The fraction of sp³-hybridized carbons (Fsp3) is 0.455. The first-order valence-corrected chi connectivity index (χ1v) is 7.26. The average molecular weight is 288 g/mol. The zero-order chi connectivity index (χ0) is 14.6. The van der Waals surface area contributed by atoms with E-state index in [1.807, 2.05) is 6.92 Å². The third kappa shape index (κ3) is 3.65. The Morgan fingerprint density at radius 3 is 2.47 bits per heavy atom. The number of nitro groups is 1. The number of nitrogen functional groups attached to an aromatic ring is 1. The Morgan fingerprint density at radius 1 is 1.37 bits per heavy atom. The Hall–Kier alpha value is -1.67. The second kappa shape index (κ2) is 5.98. The van der Waals surface area contributed by atoms with Crippen molar-refractivity contribution in [3.05, 3.63) is 27.8 Å². The van der Waals surface area contributed by atoms with E-state index in [9.17, 15) is 18.5 Å². The first-order valence-electron chi connectivity index (χ1n) is 5.82. The van der Waals surface area contributed by atoms with E-state index in [0.717, 1.165) is 18.9 Å². The summed E-state index contributed by atoms with van der Waals surface area (Å²) in [5, 5.41) is 11.0. The molecule has 19 heavy (non-hydrogen) atoms. The Kier molecular flexibility index (Phi) is 4.84. The van der Waals surface area contributed by atoms with Crippen LogP contribution in [0.5, 0.6) is 0 Å². The van der Waals surface area contributed by atoms with Gasteiger partial charge in [-0.1, -0.05) is 19.8 Å². The lowest BCUT2D eigenvalue weighted by Gasteiger charge is -2.09. The minimum Gasteiger partial charge on any atom is -0.398 e. The molecule has 1 aromatic rings. The van der Waals surface area contributed by atoms with E-state index < -0.39 is 25.6 Å². The molecule has 1 rings (SSSR count). The summed E-state index contributed by atoms with van der Waals surface area (Å²) in [7, 11) is -4.65. The molecule has 0 aromatic heterocycles. The summed E-state index contributed by atoms with van der Waals surface area (Å²) in [5.41, 5.74) is 5.37. The zero-order valence-corrected chi connectivity index (χ0v) is 11.3. The predicted molar refractivity (Wildman–Crippen MR) is 70.6 cm³/mol. The highest BCUT2D eigenvalue weighted by Gasteiger charge is 2.28. The highest BCUT2D eigenvalue weighted by atomic mass is 32.2. The van der Waals surface area contributed by atoms with Gasteiger partial charge in [0.05, 0.1) is 10.5 Å². The molecule has 0 bridgehead atoms. The number of nitrogens with zero attached hydrogens (tertiary/aromatic N) is 1. The van der Waals surface area contributed by atoms with E-state index in [1.165, 1.54) is 6.07 Å². The smallest absolute Gasteiger partial charge is 0.301 e. The largest absolute Gasteiger partial charge is 0.398 e. The summed E-state index contributed by atoms with van der Waals surface area (Å²) < 4.78 is 31.4. The highest BCUT2D eigenvalue weighted by Crippen LogP contribution is 2.33. The van der Waals surface area contributed by atoms with E-state index in [0.29, 0.717) is 12.8 Å². The minimum atomic E-state index is -4.65. The summed E-state index contributed by atoms with van der Waals surface area (Å²) in [4.78, 5) is 9.52. The summed E-state index contributed by atoms with van der Waals surface area (Å²) >= 11 is 0. The fourth-order valence-electron chi connectivity index (χ4n) is 1.85. The van der Waals surface area contributed by atoms with Crippen molar-refractivity contribution in [2.45, 2.75) is 37.5 Å². The maximum absolute atomic E-state index is 11.2. The van der Waals surface area contributed by atoms with Crippen LogP contribution in [0.1, 0.15) is 31.7 Å². The Balaban J connectivity index is 3.38. The second-order valence-electron chi connectivity index (χ2n) is 4.17. The molecule has 0 radical (unpaired) electrons. The normalized spacial score (nSPS) is 11.5. The van der Waals surface area contributed by atoms with Crippen molar-refractivity contribution in [3.8, 4) is 0 Å². The predicted octanol–water partition coefficient (Wildman–Crippen LogP) is 2.16. The molecule has 0 saturated carbocycles. The van der Waals surface area contributed by atoms with Crippen molar-refractivity contribution in [3.63, 3.8) is 0 Å². The Labute approximate surface area is 111 Å². The van der Waals surface area contributed by atoms with Gasteiger partial charge in [-0.2, -0.15) is 8.42 Å².